The Kier molecular flexibility index (Phi) is 3.00. The second kappa shape index (κ2) is 5.06. The first kappa shape index (κ1) is 14.2. The molecule has 0 aliphatic heterocycles. The van der Waals surface area contributed by atoms with E-state index in [2.05, 4.69) is 0 Å². The highest BCUT2D eigenvalue weighted by atomic mass is 16.4. The molecule has 0 amide bonds. The van der Waals surface area contributed by atoms with Gasteiger partial charge in [0.05, 0.1) is 11.1 Å². The van der Waals surface area contributed by atoms with Crippen molar-refractivity contribution in [2.45, 2.75) is 0 Å². The van der Waals surface area contributed by atoms with Crippen LogP contribution in [0.4, 0.5) is 0 Å². The number of hydrogen-bond donors (Lipinski definition) is 2. The maximum Gasteiger partial charge on any atom is 0.336 e. The standard InChI is InChI=1S/C20H12O4/c21-19(22)15-9-3-7-13-11-5-1-2-6-12(11)14-8-4-10-16(20(23)24)18(14)17(13)15/h1-10H,(H,21,22)(H,23,24). The van der Waals surface area contributed by atoms with E-state index in [9.17, 15) is 19.8 Å². The molecule has 0 heterocycles. The van der Waals surface area contributed by atoms with Crippen molar-refractivity contribution in [3.63, 3.8) is 0 Å². The van der Waals surface area contributed by atoms with Gasteiger partial charge in [0.25, 0.3) is 0 Å². The summed E-state index contributed by atoms with van der Waals surface area (Å²) in [5.74, 6) is -2.14. The highest BCUT2D eigenvalue weighted by Gasteiger charge is 2.19. The van der Waals surface area contributed by atoms with E-state index in [1.807, 2.05) is 36.4 Å². The summed E-state index contributed by atoms with van der Waals surface area (Å²) in [6.07, 6.45) is 0. The van der Waals surface area contributed by atoms with Crippen LogP contribution in [-0.2, 0) is 0 Å². The molecule has 4 heteroatoms. The molecule has 0 saturated heterocycles. The average molecular weight is 316 g/mol. The zero-order valence-electron chi connectivity index (χ0n) is 12.5. The van der Waals surface area contributed by atoms with Gasteiger partial charge in [-0.25, -0.2) is 9.59 Å². The van der Waals surface area contributed by atoms with Gasteiger partial charge in [0.1, 0.15) is 0 Å². The molecule has 0 unspecified atom stereocenters. The maximum atomic E-state index is 11.7. The molecule has 4 aromatic rings. The summed E-state index contributed by atoms with van der Waals surface area (Å²) in [5, 5.41) is 23.4. The largest absolute Gasteiger partial charge is 0.478 e. The Balaban J connectivity index is 2.45. The van der Waals surface area contributed by atoms with Crippen molar-refractivity contribution in [1.29, 1.82) is 0 Å². The minimum Gasteiger partial charge on any atom is -0.478 e. The van der Waals surface area contributed by atoms with E-state index in [4.69, 9.17) is 0 Å². The third-order valence-electron chi connectivity index (χ3n) is 4.35. The first-order chi connectivity index (χ1) is 11.6. The van der Waals surface area contributed by atoms with Gasteiger partial charge in [-0.05, 0) is 33.7 Å². The molecule has 0 aromatic heterocycles. The number of carboxylic acid groups (broad SMARTS) is 2. The van der Waals surface area contributed by atoms with Crippen LogP contribution >= 0.6 is 0 Å². The summed E-state index contributed by atoms with van der Waals surface area (Å²) in [7, 11) is 0. The Morgan fingerprint density at radius 2 is 0.917 bits per heavy atom. The van der Waals surface area contributed by atoms with Crippen LogP contribution < -0.4 is 0 Å². The van der Waals surface area contributed by atoms with Crippen molar-refractivity contribution in [3.05, 3.63) is 71.8 Å². The van der Waals surface area contributed by atoms with Crippen LogP contribution in [0.5, 0.6) is 0 Å². The number of hydrogen-bond acceptors (Lipinski definition) is 2. The van der Waals surface area contributed by atoms with Gasteiger partial charge in [-0.1, -0.05) is 48.5 Å². The van der Waals surface area contributed by atoms with Crippen molar-refractivity contribution in [1.82, 2.24) is 0 Å². The van der Waals surface area contributed by atoms with E-state index in [0.29, 0.717) is 10.8 Å². The van der Waals surface area contributed by atoms with Gasteiger partial charge in [0.15, 0.2) is 0 Å². The lowest BCUT2D eigenvalue weighted by Crippen LogP contribution is -2.02. The smallest absolute Gasteiger partial charge is 0.336 e. The number of benzene rings is 4. The first-order valence-corrected chi connectivity index (χ1v) is 7.42. The SMILES string of the molecule is O=C(O)c1cccc2c3ccccc3c3cccc(C(=O)O)c3c12. The van der Waals surface area contributed by atoms with Crippen LogP contribution in [0.15, 0.2) is 60.7 Å². The molecule has 116 valence electrons. The third-order valence-corrected chi connectivity index (χ3v) is 4.35. The van der Waals surface area contributed by atoms with E-state index in [0.717, 1.165) is 21.5 Å². The van der Waals surface area contributed by atoms with Crippen LogP contribution in [-0.4, -0.2) is 22.2 Å². The molecule has 0 radical (unpaired) electrons. The van der Waals surface area contributed by atoms with E-state index >= 15 is 0 Å². The Morgan fingerprint density at radius 3 is 1.29 bits per heavy atom. The molecule has 0 spiro atoms. The quantitative estimate of drug-likeness (QED) is 0.532. The minimum atomic E-state index is -1.07. The zero-order valence-corrected chi connectivity index (χ0v) is 12.5. The topological polar surface area (TPSA) is 74.6 Å². The molecule has 4 nitrogen and oxygen atoms in total. The molecular formula is C20H12O4. The second-order valence-electron chi connectivity index (χ2n) is 5.61. The predicted molar refractivity (Wildman–Crippen MR) is 92.9 cm³/mol. The summed E-state index contributed by atoms with van der Waals surface area (Å²) in [6, 6.07) is 17.7. The van der Waals surface area contributed by atoms with E-state index < -0.39 is 11.9 Å². The molecule has 4 aromatic carbocycles. The zero-order chi connectivity index (χ0) is 16.8. The molecule has 0 saturated carbocycles. The van der Waals surface area contributed by atoms with Crippen LogP contribution in [0.2, 0.25) is 0 Å². The van der Waals surface area contributed by atoms with Gasteiger partial charge >= 0.3 is 11.9 Å². The highest BCUT2D eigenvalue weighted by Crippen LogP contribution is 2.38. The minimum absolute atomic E-state index is 0.108. The Morgan fingerprint density at radius 1 is 0.542 bits per heavy atom. The molecule has 0 fully saturated rings. The third kappa shape index (κ3) is 1.86. The Labute approximate surface area is 136 Å². The van der Waals surface area contributed by atoms with Crippen LogP contribution in [0.1, 0.15) is 20.7 Å². The highest BCUT2D eigenvalue weighted by molar-refractivity contribution is 6.31. The number of carboxylic acids is 2. The molecule has 4 rings (SSSR count). The maximum absolute atomic E-state index is 11.7. The molecular weight excluding hydrogens is 304 g/mol. The monoisotopic (exact) mass is 316 g/mol. The normalized spacial score (nSPS) is 11.2. The fraction of sp³-hybridized carbons (Fsp3) is 0. The molecule has 0 aliphatic rings. The molecule has 0 atom stereocenters. The van der Waals surface area contributed by atoms with Crippen molar-refractivity contribution in [2.24, 2.45) is 0 Å². The van der Waals surface area contributed by atoms with Crippen molar-refractivity contribution in [3.8, 4) is 0 Å². The van der Waals surface area contributed by atoms with Gasteiger partial charge in [-0.2, -0.15) is 0 Å². The van der Waals surface area contributed by atoms with Gasteiger partial charge in [0.2, 0.25) is 0 Å². The fourth-order valence-electron chi connectivity index (χ4n) is 3.40. The van der Waals surface area contributed by atoms with Gasteiger partial charge in [0, 0.05) is 10.8 Å². The summed E-state index contributed by atoms with van der Waals surface area (Å²) >= 11 is 0. The van der Waals surface area contributed by atoms with Crippen LogP contribution in [0.25, 0.3) is 32.3 Å². The molecule has 0 bridgehead atoms. The lowest BCUT2D eigenvalue weighted by atomic mass is 9.89. The number of rotatable bonds is 2. The number of carbonyl (C=O) groups is 2. The van der Waals surface area contributed by atoms with E-state index in [1.165, 1.54) is 12.1 Å². The Hall–Kier alpha value is -3.40. The lowest BCUT2D eigenvalue weighted by molar-refractivity contribution is 0.0686. The molecule has 0 aliphatic carbocycles. The number of aromatic carboxylic acids is 2. The average Bonchev–Trinajstić information content (AvgIpc) is 2.60. The van der Waals surface area contributed by atoms with Crippen LogP contribution in [0.3, 0.4) is 0 Å². The predicted octanol–water partition coefficient (Wildman–Crippen LogP) is 4.54. The van der Waals surface area contributed by atoms with Crippen molar-refractivity contribution in [2.75, 3.05) is 0 Å². The van der Waals surface area contributed by atoms with E-state index in [1.54, 1.807) is 12.1 Å². The Bertz CT molecular complexity index is 1070. The first-order valence-electron chi connectivity index (χ1n) is 7.42. The molecule has 24 heavy (non-hydrogen) atoms. The van der Waals surface area contributed by atoms with Gasteiger partial charge in [-0.3, -0.25) is 0 Å². The van der Waals surface area contributed by atoms with Crippen molar-refractivity contribution < 1.29 is 19.8 Å². The summed E-state index contributed by atoms with van der Waals surface area (Å²) < 4.78 is 0. The number of fused-ring (bicyclic) bond motifs is 6. The molecule has 2 N–H and O–H groups in total. The summed E-state index contributed by atoms with van der Waals surface area (Å²) in [5.41, 5.74) is 0.217. The van der Waals surface area contributed by atoms with Crippen molar-refractivity contribution >= 4 is 44.3 Å². The summed E-state index contributed by atoms with van der Waals surface area (Å²) in [4.78, 5) is 23.5. The second-order valence-corrected chi connectivity index (χ2v) is 5.61. The lowest BCUT2D eigenvalue weighted by Gasteiger charge is -2.14. The van der Waals surface area contributed by atoms with Gasteiger partial charge in [-0.15, -0.1) is 0 Å². The fourth-order valence-corrected chi connectivity index (χ4v) is 3.40. The van der Waals surface area contributed by atoms with Crippen LogP contribution in [0, 0.1) is 0 Å². The van der Waals surface area contributed by atoms with Gasteiger partial charge < -0.3 is 10.2 Å². The van der Waals surface area contributed by atoms with E-state index in [-0.39, 0.29) is 11.1 Å². The summed E-state index contributed by atoms with van der Waals surface area (Å²) in [6.45, 7) is 0.